The molecule has 1 atom stereocenters. The molecule has 0 bridgehead atoms. The summed E-state index contributed by atoms with van der Waals surface area (Å²) in [6.07, 6.45) is 1.83. The highest BCUT2D eigenvalue weighted by atomic mass is 28.4. The van der Waals surface area contributed by atoms with E-state index in [9.17, 15) is 4.79 Å². The molecule has 22 heavy (non-hydrogen) atoms. The highest BCUT2D eigenvalue weighted by Crippen LogP contribution is 2.37. The summed E-state index contributed by atoms with van der Waals surface area (Å²) in [5.41, 5.74) is 0. The van der Waals surface area contributed by atoms with E-state index in [1.165, 1.54) is 0 Å². The Morgan fingerprint density at radius 2 is 1.45 bits per heavy atom. The predicted octanol–water partition coefficient (Wildman–Crippen LogP) is 5.30. The van der Waals surface area contributed by atoms with Gasteiger partial charge in [-0.2, -0.15) is 0 Å². The second-order valence-electron chi connectivity index (χ2n) is 9.54. The summed E-state index contributed by atoms with van der Waals surface area (Å²) in [6, 6.07) is -0.167. The molecule has 0 aromatic heterocycles. The van der Waals surface area contributed by atoms with Gasteiger partial charge in [0.1, 0.15) is 8.24 Å². The van der Waals surface area contributed by atoms with Crippen LogP contribution in [0.15, 0.2) is 0 Å². The molecule has 0 saturated heterocycles. The zero-order chi connectivity index (χ0) is 18.0. The number of rotatable bonds is 6. The van der Waals surface area contributed by atoms with Gasteiger partial charge in [-0.05, 0) is 29.6 Å². The Morgan fingerprint density at radius 3 is 1.77 bits per heavy atom. The lowest BCUT2D eigenvalue weighted by Crippen LogP contribution is -2.59. The topological polar surface area (TPSA) is 38.3 Å². The summed E-state index contributed by atoms with van der Waals surface area (Å²) in [5.74, 6) is -0.0433. The molecule has 0 amide bonds. The Labute approximate surface area is 140 Å². The van der Waals surface area contributed by atoms with Crippen LogP contribution in [0.25, 0.3) is 0 Å². The molecular weight excluding hydrogens is 306 g/mol. The van der Waals surface area contributed by atoms with Crippen LogP contribution in [0.3, 0.4) is 0 Å². The molecular formula is C17H39NO2Si2. The maximum Gasteiger partial charge on any atom is 0.309 e. The average Bonchev–Trinajstić information content (AvgIpc) is 2.24. The average molecular weight is 346 g/mol. The number of hydrogen-bond acceptors (Lipinski definition) is 3. The van der Waals surface area contributed by atoms with E-state index >= 15 is 0 Å². The second kappa shape index (κ2) is 7.18. The van der Waals surface area contributed by atoms with Crippen LogP contribution in [0.1, 0.15) is 61.3 Å². The standard InChI is InChI=1S/C17H39NO2Si2/c1-12-13-14(18-21(8,9)16(2,3)4)15(19)20-22(10,11)17(5,6)7/h14,18H,12-13H2,1-11H3. The Hall–Kier alpha value is -0.136. The third kappa shape index (κ3) is 5.82. The Bertz CT molecular complexity index is 379. The lowest BCUT2D eigenvalue weighted by molar-refractivity contribution is -0.137. The van der Waals surface area contributed by atoms with E-state index in [2.05, 4.69) is 79.6 Å². The van der Waals surface area contributed by atoms with E-state index in [0.717, 1.165) is 12.8 Å². The summed E-state index contributed by atoms with van der Waals surface area (Å²) in [6.45, 7) is 24.3. The van der Waals surface area contributed by atoms with Crippen LogP contribution in [-0.2, 0) is 9.22 Å². The highest BCUT2D eigenvalue weighted by Gasteiger charge is 2.43. The van der Waals surface area contributed by atoms with Crippen LogP contribution < -0.4 is 4.98 Å². The van der Waals surface area contributed by atoms with Crippen LogP contribution in [0.2, 0.25) is 36.3 Å². The van der Waals surface area contributed by atoms with Crippen molar-refractivity contribution < 1.29 is 9.22 Å². The molecule has 0 aliphatic rings. The van der Waals surface area contributed by atoms with E-state index in [1.807, 2.05) is 0 Å². The van der Waals surface area contributed by atoms with Crippen molar-refractivity contribution in [3.63, 3.8) is 0 Å². The van der Waals surface area contributed by atoms with Gasteiger partial charge in [0.2, 0.25) is 0 Å². The zero-order valence-corrected chi connectivity index (χ0v) is 18.8. The molecule has 0 fully saturated rings. The first-order valence-corrected chi connectivity index (χ1v) is 14.5. The van der Waals surface area contributed by atoms with Gasteiger partial charge in [0.15, 0.2) is 0 Å². The van der Waals surface area contributed by atoms with Gasteiger partial charge in [0.25, 0.3) is 8.32 Å². The van der Waals surface area contributed by atoms with Crippen molar-refractivity contribution in [2.24, 2.45) is 0 Å². The van der Waals surface area contributed by atoms with E-state index in [-0.39, 0.29) is 22.1 Å². The Morgan fingerprint density at radius 1 is 1.00 bits per heavy atom. The van der Waals surface area contributed by atoms with Crippen molar-refractivity contribution in [3.05, 3.63) is 0 Å². The normalized spacial score (nSPS) is 15.6. The van der Waals surface area contributed by atoms with Crippen molar-refractivity contribution >= 4 is 22.5 Å². The molecule has 0 aliphatic heterocycles. The van der Waals surface area contributed by atoms with Gasteiger partial charge in [-0.3, -0.25) is 4.79 Å². The smallest absolute Gasteiger partial charge is 0.309 e. The van der Waals surface area contributed by atoms with Gasteiger partial charge in [-0.25, -0.2) is 0 Å². The molecule has 0 radical (unpaired) electrons. The zero-order valence-electron chi connectivity index (χ0n) is 16.8. The monoisotopic (exact) mass is 345 g/mol. The molecule has 0 saturated carbocycles. The van der Waals surface area contributed by atoms with E-state index in [1.54, 1.807) is 0 Å². The van der Waals surface area contributed by atoms with Gasteiger partial charge in [-0.1, -0.05) is 68.0 Å². The fourth-order valence-electron chi connectivity index (χ4n) is 1.67. The summed E-state index contributed by atoms with van der Waals surface area (Å²) in [4.78, 5) is 16.5. The molecule has 3 nitrogen and oxygen atoms in total. The third-order valence-corrected chi connectivity index (χ3v) is 14.6. The van der Waals surface area contributed by atoms with Gasteiger partial charge < -0.3 is 9.41 Å². The van der Waals surface area contributed by atoms with Crippen LogP contribution in [-0.4, -0.2) is 28.6 Å². The van der Waals surface area contributed by atoms with Crippen LogP contribution in [0.4, 0.5) is 0 Å². The maximum absolute atomic E-state index is 12.8. The minimum absolute atomic E-state index is 0.0433. The van der Waals surface area contributed by atoms with Crippen molar-refractivity contribution in [2.75, 3.05) is 0 Å². The van der Waals surface area contributed by atoms with Crippen molar-refractivity contribution in [2.45, 2.75) is 104 Å². The van der Waals surface area contributed by atoms with Gasteiger partial charge in [-0.15, -0.1) is 0 Å². The SMILES string of the molecule is CCCC(N[Si](C)(C)C(C)(C)C)C(=O)O[Si](C)(C)C(C)(C)C. The maximum atomic E-state index is 12.8. The molecule has 0 aromatic rings. The molecule has 5 heteroatoms. The minimum atomic E-state index is -2.06. The lowest BCUT2D eigenvalue weighted by Gasteiger charge is -2.41. The number of carbonyl (C=O) groups is 1. The van der Waals surface area contributed by atoms with E-state index < -0.39 is 16.6 Å². The quantitative estimate of drug-likeness (QED) is 0.664. The van der Waals surface area contributed by atoms with Crippen LogP contribution in [0.5, 0.6) is 0 Å². The van der Waals surface area contributed by atoms with Gasteiger partial charge in [0.05, 0.1) is 6.04 Å². The molecule has 0 rings (SSSR count). The van der Waals surface area contributed by atoms with E-state index in [0.29, 0.717) is 0 Å². The number of nitrogens with one attached hydrogen (secondary N) is 1. The molecule has 1 unspecified atom stereocenters. The Balaban J connectivity index is 5.16. The summed E-state index contributed by atoms with van der Waals surface area (Å²) in [5, 5.41) is 0.257. The first-order valence-electron chi connectivity index (χ1n) is 8.56. The summed E-state index contributed by atoms with van der Waals surface area (Å²) < 4.78 is 6.04. The molecule has 0 spiro atoms. The summed E-state index contributed by atoms with van der Waals surface area (Å²) in [7, 11) is -3.78. The highest BCUT2D eigenvalue weighted by molar-refractivity contribution is 6.78. The number of hydrogen-bond donors (Lipinski definition) is 1. The van der Waals surface area contributed by atoms with Crippen molar-refractivity contribution in [1.29, 1.82) is 0 Å². The first kappa shape index (κ1) is 21.9. The second-order valence-corrected chi connectivity index (χ2v) is 19.3. The fourth-order valence-corrected chi connectivity index (χ4v) is 4.18. The van der Waals surface area contributed by atoms with Gasteiger partial charge in [0, 0.05) is 0 Å². The van der Waals surface area contributed by atoms with E-state index in [4.69, 9.17) is 4.43 Å². The Kier molecular flexibility index (Phi) is 7.13. The summed E-state index contributed by atoms with van der Waals surface area (Å²) >= 11 is 0. The molecule has 0 aromatic carbocycles. The van der Waals surface area contributed by atoms with Crippen molar-refractivity contribution in [1.82, 2.24) is 4.98 Å². The van der Waals surface area contributed by atoms with Crippen LogP contribution >= 0.6 is 0 Å². The molecule has 0 aliphatic carbocycles. The van der Waals surface area contributed by atoms with Crippen molar-refractivity contribution in [3.8, 4) is 0 Å². The molecule has 0 heterocycles. The van der Waals surface area contributed by atoms with Gasteiger partial charge >= 0.3 is 5.97 Å². The number of carbonyl (C=O) groups excluding carboxylic acids is 1. The predicted molar refractivity (Wildman–Crippen MR) is 102 cm³/mol. The third-order valence-electron chi connectivity index (χ3n) is 5.43. The first-order chi connectivity index (χ1) is 9.55. The lowest BCUT2D eigenvalue weighted by atomic mass is 10.2. The molecule has 132 valence electrons. The van der Waals surface area contributed by atoms with Crippen LogP contribution in [0, 0.1) is 0 Å². The molecule has 1 N–H and O–H groups in total. The fraction of sp³-hybridized carbons (Fsp3) is 0.941. The minimum Gasteiger partial charge on any atom is -0.518 e. The largest absolute Gasteiger partial charge is 0.518 e.